The van der Waals surface area contributed by atoms with Crippen molar-refractivity contribution < 1.29 is 14.2 Å². The predicted octanol–water partition coefficient (Wildman–Crippen LogP) is 4.73. The monoisotopic (exact) mass is 402 g/mol. The van der Waals surface area contributed by atoms with Crippen molar-refractivity contribution in [2.75, 3.05) is 13.2 Å². The van der Waals surface area contributed by atoms with Gasteiger partial charge in [-0.25, -0.2) is 0 Å². The molecule has 2 aliphatic rings. The minimum atomic E-state index is -0.0791. The maximum Gasteiger partial charge on any atom is 0.158 e. The molecule has 25 heavy (non-hydrogen) atoms. The number of hydrogen-bond acceptors (Lipinski definition) is 3. The second-order valence-electron chi connectivity index (χ2n) is 6.15. The van der Waals surface area contributed by atoms with Gasteiger partial charge in [0, 0.05) is 17.5 Å². The Bertz CT molecular complexity index is 663. The second-order valence-corrected chi connectivity index (χ2v) is 7.01. The predicted molar refractivity (Wildman–Crippen MR) is 102 cm³/mol. The van der Waals surface area contributed by atoms with Gasteiger partial charge in [-0.3, -0.25) is 0 Å². The summed E-state index contributed by atoms with van der Waals surface area (Å²) in [6, 6.07) is 10.2. The van der Waals surface area contributed by atoms with Crippen molar-refractivity contribution in [3.8, 4) is 11.8 Å². The molecule has 1 fully saturated rings. The molecular weight excluding hydrogens is 380 g/mol. The fourth-order valence-corrected chi connectivity index (χ4v) is 3.38. The zero-order valence-corrected chi connectivity index (χ0v) is 15.8. The molecule has 3 nitrogen and oxygen atoms in total. The van der Waals surface area contributed by atoms with Gasteiger partial charge in [0.2, 0.25) is 0 Å². The van der Waals surface area contributed by atoms with E-state index in [2.05, 4.69) is 46.0 Å². The molecule has 0 aromatic heterocycles. The van der Waals surface area contributed by atoms with Gasteiger partial charge in [0.25, 0.3) is 0 Å². The Morgan fingerprint density at radius 3 is 2.88 bits per heavy atom. The van der Waals surface area contributed by atoms with E-state index in [-0.39, 0.29) is 12.4 Å². The zero-order chi connectivity index (χ0) is 17.3. The molecule has 1 aromatic rings. The van der Waals surface area contributed by atoms with Crippen LogP contribution in [0.25, 0.3) is 0 Å². The molecule has 0 amide bonds. The summed E-state index contributed by atoms with van der Waals surface area (Å²) in [6.45, 7) is 1.82. The molecule has 0 bridgehead atoms. The molecular formula is C21H23BrO3. The fourth-order valence-electron chi connectivity index (χ4n) is 2.81. The van der Waals surface area contributed by atoms with Crippen molar-refractivity contribution >= 4 is 15.9 Å². The number of hydrogen-bond donors (Lipinski definition) is 0. The topological polar surface area (TPSA) is 27.7 Å². The SMILES string of the molecule is BrC1=CC(OCc2ccccc2)C/C1=C/C#CCOC1CCCCO1. The van der Waals surface area contributed by atoms with E-state index < -0.39 is 0 Å². The lowest BCUT2D eigenvalue weighted by Crippen LogP contribution is -2.22. The Kier molecular flexibility index (Phi) is 7.32. The lowest BCUT2D eigenvalue weighted by molar-refractivity contribution is -0.154. The quantitative estimate of drug-likeness (QED) is 0.666. The fraction of sp³-hybridized carbons (Fsp3) is 0.429. The van der Waals surface area contributed by atoms with Crippen molar-refractivity contribution in [2.24, 2.45) is 0 Å². The summed E-state index contributed by atoms with van der Waals surface area (Å²) in [4.78, 5) is 0. The average molecular weight is 403 g/mol. The molecule has 0 spiro atoms. The van der Waals surface area contributed by atoms with Crippen molar-refractivity contribution in [3.63, 3.8) is 0 Å². The van der Waals surface area contributed by atoms with Gasteiger partial charge in [-0.05, 0) is 42.6 Å². The third-order valence-corrected chi connectivity index (χ3v) is 4.97. The molecule has 1 aromatic carbocycles. The molecule has 1 heterocycles. The molecule has 2 unspecified atom stereocenters. The highest BCUT2D eigenvalue weighted by atomic mass is 79.9. The van der Waals surface area contributed by atoms with Crippen molar-refractivity contribution in [1.29, 1.82) is 0 Å². The Hall–Kier alpha value is -1.38. The molecule has 0 saturated carbocycles. The number of ether oxygens (including phenoxy) is 3. The van der Waals surface area contributed by atoms with E-state index in [1.807, 2.05) is 24.3 Å². The third-order valence-electron chi connectivity index (χ3n) is 4.19. The van der Waals surface area contributed by atoms with Gasteiger partial charge in [0.1, 0.15) is 6.61 Å². The maximum absolute atomic E-state index is 5.96. The van der Waals surface area contributed by atoms with Crippen LogP contribution in [0.1, 0.15) is 31.2 Å². The second kappa shape index (κ2) is 9.94. The van der Waals surface area contributed by atoms with Crippen LogP contribution in [0.15, 0.2) is 52.5 Å². The van der Waals surface area contributed by atoms with Crippen LogP contribution in [0.3, 0.4) is 0 Å². The molecule has 0 N–H and O–H groups in total. The first-order valence-electron chi connectivity index (χ1n) is 8.75. The van der Waals surface area contributed by atoms with Gasteiger partial charge in [0.05, 0.1) is 12.7 Å². The molecule has 4 heteroatoms. The highest BCUT2D eigenvalue weighted by molar-refractivity contribution is 9.12. The van der Waals surface area contributed by atoms with Gasteiger partial charge >= 0.3 is 0 Å². The Morgan fingerprint density at radius 1 is 1.20 bits per heavy atom. The van der Waals surface area contributed by atoms with Crippen LogP contribution in [-0.2, 0) is 20.8 Å². The van der Waals surface area contributed by atoms with Crippen LogP contribution in [0.2, 0.25) is 0 Å². The molecule has 132 valence electrons. The van der Waals surface area contributed by atoms with Crippen LogP contribution < -0.4 is 0 Å². The minimum absolute atomic E-state index is 0.0791. The first kappa shape index (κ1) is 18.4. The summed E-state index contributed by atoms with van der Waals surface area (Å²) in [6.07, 6.45) is 8.17. The van der Waals surface area contributed by atoms with Gasteiger partial charge in [-0.2, -0.15) is 0 Å². The maximum atomic E-state index is 5.96. The number of rotatable bonds is 5. The van der Waals surface area contributed by atoms with Crippen LogP contribution in [0.5, 0.6) is 0 Å². The standard InChI is InChI=1S/C21H23BrO3/c22-20-15-19(25-16-17-8-2-1-3-9-17)14-18(20)10-4-6-12-23-21-11-5-7-13-24-21/h1-3,8-10,15,19,21H,5,7,11-14,16H2/b18-10-. The molecule has 0 radical (unpaired) electrons. The molecule has 3 rings (SSSR count). The summed E-state index contributed by atoms with van der Waals surface area (Å²) in [5.74, 6) is 6.11. The van der Waals surface area contributed by atoms with E-state index in [0.717, 1.165) is 30.4 Å². The first-order valence-corrected chi connectivity index (χ1v) is 9.54. The van der Waals surface area contributed by atoms with Crippen molar-refractivity contribution in [3.05, 3.63) is 58.1 Å². The summed E-state index contributed by atoms with van der Waals surface area (Å²) in [5, 5.41) is 0. The number of halogens is 1. The van der Waals surface area contributed by atoms with E-state index >= 15 is 0 Å². The molecule has 1 aliphatic heterocycles. The normalized spacial score (nSPS) is 24.7. The first-order chi connectivity index (χ1) is 12.3. The highest BCUT2D eigenvalue weighted by Crippen LogP contribution is 2.31. The van der Waals surface area contributed by atoms with Gasteiger partial charge in [-0.15, -0.1) is 0 Å². The Labute approximate surface area is 158 Å². The number of benzene rings is 1. The molecule has 1 saturated heterocycles. The number of allylic oxidation sites excluding steroid dienone is 2. The van der Waals surface area contributed by atoms with Crippen LogP contribution in [-0.4, -0.2) is 25.6 Å². The van der Waals surface area contributed by atoms with Crippen LogP contribution in [0.4, 0.5) is 0 Å². The van der Waals surface area contributed by atoms with Crippen molar-refractivity contribution in [1.82, 2.24) is 0 Å². The van der Waals surface area contributed by atoms with Crippen LogP contribution in [0, 0.1) is 11.8 Å². The molecule has 1 aliphatic carbocycles. The van der Waals surface area contributed by atoms with E-state index in [1.165, 1.54) is 17.6 Å². The lowest BCUT2D eigenvalue weighted by atomic mass is 10.2. The average Bonchev–Trinajstić information content (AvgIpc) is 3.01. The molecule has 2 atom stereocenters. The highest BCUT2D eigenvalue weighted by Gasteiger charge is 2.19. The van der Waals surface area contributed by atoms with E-state index in [4.69, 9.17) is 14.2 Å². The zero-order valence-electron chi connectivity index (χ0n) is 14.2. The van der Waals surface area contributed by atoms with Gasteiger partial charge < -0.3 is 14.2 Å². The summed E-state index contributed by atoms with van der Waals surface area (Å²) < 4.78 is 18.1. The van der Waals surface area contributed by atoms with Gasteiger partial charge in [0.15, 0.2) is 6.29 Å². The largest absolute Gasteiger partial charge is 0.369 e. The summed E-state index contributed by atoms with van der Waals surface area (Å²) >= 11 is 3.60. The smallest absolute Gasteiger partial charge is 0.158 e. The Morgan fingerprint density at radius 2 is 2.08 bits per heavy atom. The van der Waals surface area contributed by atoms with E-state index in [1.54, 1.807) is 0 Å². The van der Waals surface area contributed by atoms with E-state index in [9.17, 15) is 0 Å². The summed E-state index contributed by atoms with van der Waals surface area (Å²) in [5.41, 5.74) is 2.35. The van der Waals surface area contributed by atoms with Crippen LogP contribution >= 0.6 is 15.9 Å². The third kappa shape index (κ3) is 6.13. The van der Waals surface area contributed by atoms with Gasteiger partial charge in [-0.1, -0.05) is 58.1 Å². The summed E-state index contributed by atoms with van der Waals surface area (Å²) in [7, 11) is 0. The van der Waals surface area contributed by atoms with Crippen molar-refractivity contribution in [2.45, 2.75) is 44.7 Å². The minimum Gasteiger partial charge on any atom is -0.369 e. The Balaban J connectivity index is 1.41. The van der Waals surface area contributed by atoms with E-state index in [0.29, 0.717) is 13.2 Å². The lowest BCUT2D eigenvalue weighted by Gasteiger charge is -2.21.